The number of nitrogens with zero attached hydrogens (tertiary/aromatic N) is 1. The summed E-state index contributed by atoms with van der Waals surface area (Å²) in [4.78, 5) is 42.3. The minimum Gasteiger partial charge on any atom is -0.479 e. The topological polar surface area (TPSA) is 261 Å². The zero-order valence-electron chi connectivity index (χ0n) is 30.3. The normalized spacial score (nSPS) is 24.8. The lowest BCUT2D eigenvalue weighted by Crippen LogP contribution is -2.61. The van der Waals surface area contributed by atoms with Crippen molar-refractivity contribution in [2.45, 2.75) is 88.6 Å². The van der Waals surface area contributed by atoms with Crippen LogP contribution >= 0.6 is 0 Å². The highest BCUT2D eigenvalue weighted by atomic mass is 19.1. The van der Waals surface area contributed by atoms with Crippen LogP contribution in [0.15, 0.2) is 30.3 Å². The molecule has 6 rings (SSSR count). The number of likely N-dealkylation sites (N-methyl/N-ethyl adjacent to an activating group) is 1. The quantitative estimate of drug-likeness (QED) is 0.121. The first kappa shape index (κ1) is 39.7. The molecule has 0 radical (unpaired) electrons. The van der Waals surface area contributed by atoms with Crippen molar-refractivity contribution in [2.24, 2.45) is 0 Å². The molecular weight excluding hydrogens is 725 g/mol. The summed E-state index contributed by atoms with van der Waals surface area (Å²) in [5.74, 6) is -2.57. The van der Waals surface area contributed by atoms with Gasteiger partial charge in [0.05, 0.1) is 47.4 Å². The zero-order valence-corrected chi connectivity index (χ0v) is 30.3. The number of fused-ring (bicyclic) bond motifs is 2. The molecule has 296 valence electrons. The number of aliphatic hydroxyl groups excluding tert-OH is 4. The average Bonchev–Trinajstić information content (AvgIpc) is 3.55. The van der Waals surface area contributed by atoms with E-state index in [1.165, 1.54) is 31.2 Å². The lowest BCUT2D eigenvalue weighted by molar-refractivity contribution is -0.271. The number of carboxylic acids is 1. The highest BCUT2D eigenvalue weighted by Gasteiger charge is 2.48. The summed E-state index contributed by atoms with van der Waals surface area (Å²) in [6, 6.07) is 5.13. The number of aliphatic hydroxyl groups is 5. The number of anilines is 1. The van der Waals surface area contributed by atoms with Gasteiger partial charge in [-0.25, -0.2) is 19.0 Å². The maximum atomic E-state index is 15.1. The SMILES string of the molecule is CNCC(=O)Nc1cc(COC(=O)N[C@H]2CCc3c(C)c(F)cc4nc5c(c2c34)CN/C5=C\CC(C)(O)CO)ccc1O[C@@H]1OC(C(=O)O)[C@@H](O)C(O)C1O. The van der Waals surface area contributed by atoms with Crippen LogP contribution in [0.2, 0.25) is 0 Å². The van der Waals surface area contributed by atoms with E-state index >= 15 is 4.39 Å². The van der Waals surface area contributed by atoms with E-state index in [-0.39, 0.29) is 31.0 Å². The number of carboxylic acid groups (broad SMARTS) is 1. The number of aromatic nitrogens is 1. The van der Waals surface area contributed by atoms with Crippen LogP contribution in [0, 0.1) is 12.7 Å². The van der Waals surface area contributed by atoms with Crippen LogP contribution in [0.5, 0.6) is 5.75 Å². The van der Waals surface area contributed by atoms with Gasteiger partial charge in [-0.1, -0.05) is 12.1 Å². The van der Waals surface area contributed by atoms with E-state index in [4.69, 9.17) is 19.2 Å². The summed E-state index contributed by atoms with van der Waals surface area (Å²) < 4.78 is 31.6. The van der Waals surface area contributed by atoms with Crippen LogP contribution in [0.4, 0.5) is 14.9 Å². The number of carbonyl (C=O) groups excluding carboxylic acids is 2. The van der Waals surface area contributed by atoms with Crippen molar-refractivity contribution in [1.29, 1.82) is 0 Å². The standard InChI is InChI=1S/C37H44FN5O12/c1-16-18-5-6-21(28-19-12-40-22(8-9-37(2,52)15-44)29(19)42-24(27(18)28)11-20(16)38)43-36(51)53-14-17-4-7-25(23(10-17)41-26(45)13-39-3)54-35-32(48)30(46)31(47)33(55-35)34(49)50/h4,7-8,10-11,21,30-33,35,39-40,44,46-48,52H,5-6,9,12-15H2,1-3H3,(H,41,45)(H,43,51)(H,49,50)/b22-8-/t21-,30?,31-,32?,33?,35+,37?/m0/s1. The molecule has 3 aromatic rings. The number of hydrogen-bond donors (Lipinski definition) is 10. The molecule has 3 heterocycles. The van der Waals surface area contributed by atoms with Gasteiger partial charge in [-0.3, -0.25) is 4.79 Å². The van der Waals surface area contributed by atoms with Crippen molar-refractivity contribution in [2.75, 3.05) is 25.5 Å². The van der Waals surface area contributed by atoms with Crippen LogP contribution in [0.25, 0.3) is 16.6 Å². The molecule has 55 heavy (non-hydrogen) atoms. The number of pyridine rings is 1. The fraction of sp³-hybridized carbons (Fsp3) is 0.459. The van der Waals surface area contributed by atoms with Crippen molar-refractivity contribution >= 4 is 40.3 Å². The number of amides is 2. The molecule has 18 heteroatoms. The number of hydrogen-bond acceptors (Lipinski definition) is 14. The predicted molar refractivity (Wildman–Crippen MR) is 192 cm³/mol. The van der Waals surface area contributed by atoms with Crippen molar-refractivity contribution < 1.29 is 63.6 Å². The van der Waals surface area contributed by atoms with Gasteiger partial charge < -0.3 is 66.1 Å². The number of halogens is 1. The Morgan fingerprint density at radius 3 is 2.62 bits per heavy atom. The van der Waals surface area contributed by atoms with Gasteiger partial charge in [-0.05, 0) is 74.5 Å². The fourth-order valence-corrected chi connectivity index (χ4v) is 6.97. The van der Waals surface area contributed by atoms with Crippen LogP contribution in [-0.2, 0) is 38.6 Å². The smallest absolute Gasteiger partial charge is 0.407 e. The monoisotopic (exact) mass is 769 g/mol. The maximum absolute atomic E-state index is 15.1. The first-order valence-corrected chi connectivity index (χ1v) is 17.6. The van der Waals surface area contributed by atoms with E-state index in [9.17, 15) is 45.0 Å². The third-order valence-electron chi connectivity index (χ3n) is 9.95. The van der Waals surface area contributed by atoms with Gasteiger partial charge in [0.1, 0.15) is 36.5 Å². The minimum absolute atomic E-state index is 0.0446. The first-order chi connectivity index (χ1) is 26.1. The second-order valence-electron chi connectivity index (χ2n) is 14.1. The molecule has 1 aliphatic carbocycles. The van der Waals surface area contributed by atoms with E-state index < -0.39 is 72.7 Å². The maximum Gasteiger partial charge on any atom is 0.407 e. The number of carbonyl (C=O) groups is 3. The number of aliphatic carboxylic acids is 1. The first-order valence-electron chi connectivity index (χ1n) is 17.6. The van der Waals surface area contributed by atoms with Gasteiger partial charge in [-0.2, -0.15) is 0 Å². The Bertz CT molecular complexity index is 2030. The van der Waals surface area contributed by atoms with Crippen molar-refractivity contribution in [3.63, 3.8) is 0 Å². The molecule has 0 spiro atoms. The molecule has 1 saturated heterocycles. The van der Waals surface area contributed by atoms with E-state index in [1.54, 1.807) is 20.0 Å². The molecule has 3 aliphatic rings. The van der Waals surface area contributed by atoms with Gasteiger partial charge in [0.2, 0.25) is 12.2 Å². The summed E-state index contributed by atoms with van der Waals surface area (Å²) in [5.41, 5.74) is 3.56. The molecule has 7 atom stereocenters. The Labute approximate surface area is 314 Å². The second-order valence-corrected chi connectivity index (χ2v) is 14.1. The number of rotatable bonds is 12. The Kier molecular flexibility index (Phi) is 11.6. The third kappa shape index (κ3) is 8.20. The molecule has 0 saturated carbocycles. The van der Waals surface area contributed by atoms with Crippen molar-refractivity contribution in [1.82, 2.24) is 20.9 Å². The highest BCUT2D eigenvalue weighted by Crippen LogP contribution is 2.43. The molecule has 10 N–H and O–H groups in total. The van der Waals surface area contributed by atoms with E-state index in [1.807, 2.05) is 0 Å². The van der Waals surface area contributed by atoms with Crippen molar-refractivity contribution in [3.8, 4) is 5.75 Å². The molecule has 2 amide bonds. The summed E-state index contributed by atoms with van der Waals surface area (Å²) >= 11 is 0. The van der Waals surface area contributed by atoms with Gasteiger partial charge in [0, 0.05) is 23.6 Å². The van der Waals surface area contributed by atoms with Gasteiger partial charge in [0.15, 0.2) is 6.10 Å². The highest BCUT2D eigenvalue weighted by molar-refractivity contribution is 5.94. The van der Waals surface area contributed by atoms with Gasteiger partial charge in [-0.15, -0.1) is 0 Å². The lowest BCUT2D eigenvalue weighted by atomic mass is 9.82. The Morgan fingerprint density at radius 2 is 1.91 bits per heavy atom. The lowest BCUT2D eigenvalue weighted by Gasteiger charge is -2.38. The van der Waals surface area contributed by atoms with E-state index in [0.29, 0.717) is 47.4 Å². The molecule has 2 aromatic carbocycles. The summed E-state index contributed by atoms with van der Waals surface area (Å²) in [5, 5.41) is 72.3. The summed E-state index contributed by atoms with van der Waals surface area (Å²) in [7, 11) is 1.55. The fourth-order valence-electron chi connectivity index (χ4n) is 6.97. The van der Waals surface area contributed by atoms with Crippen LogP contribution < -0.4 is 26.0 Å². The van der Waals surface area contributed by atoms with Crippen LogP contribution in [-0.4, -0.2) is 110 Å². The molecule has 4 unspecified atom stereocenters. The van der Waals surface area contributed by atoms with Crippen LogP contribution in [0.1, 0.15) is 59.3 Å². The number of alkyl carbamates (subject to hydrolysis) is 1. The van der Waals surface area contributed by atoms with E-state index in [0.717, 1.165) is 22.1 Å². The average molecular weight is 770 g/mol. The van der Waals surface area contributed by atoms with Gasteiger partial charge >= 0.3 is 12.1 Å². The van der Waals surface area contributed by atoms with Crippen LogP contribution in [0.3, 0.4) is 0 Å². The summed E-state index contributed by atoms with van der Waals surface area (Å²) in [6.07, 6.45) is -7.35. The summed E-state index contributed by atoms with van der Waals surface area (Å²) in [6.45, 7) is 2.75. The number of aryl methyl sites for hydroxylation is 1. The third-order valence-corrected chi connectivity index (χ3v) is 9.95. The number of ether oxygens (including phenoxy) is 3. The molecule has 1 aromatic heterocycles. The Balaban J connectivity index is 1.22. The molecule has 1 fully saturated rings. The second kappa shape index (κ2) is 16.0. The molecular formula is C37H44FN5O12. The number of nitrogens with one attached hydrogen (secondary N) is 4. The Hall–Kier alpha value is -4.95. The molecule has 17 nitrogen and oxygen atoms in total. The molecule has 0 bridgehead atoms. The predicted octanol–water partition coefficient (Wildman–Crippen LogP) is 0.602. The van der Waals surface area contributed by atoms with Crippen molar-refractivity contribution in [3.05, 3.63) is 69.7 Å². The van der Waals surface area contributed by atoms with Gasteiger partial charge in [0.25, 0.3) is 0 Å². The number of benzene rings is 2. The minimum atomic E-state index is -1.93. The molecule has 2 aliphatic heterocycles. The van der Waals surface area contributed by atoms with E-state index in [2.05, 4.69) is 21.3 Å². The largest absolute Gasteiger partial charge is 0.479 e. The Morgan fingerprint density at radius 1 is 1.15 bits per heavy atom. The zero-order chi connectivity index (χ0) is 39.8.